The van der Waals surface area contributed by atoms with E-state index in [1.165, 1.54) is 0 Å². The van der Waals surface area contributed by atoms with Crippen LogP contribution in [0, 0.1) is 0 Å². The maximum absolute atomic E-state index is 12.7. The summed E-state index contributed by atoms with van der Waals surface area (Å²) >= 11 is 0. The summed E-state index contributed by atoms with van der Waals surface area (Å²) in [5.41, 5.74) is 1.63. The molecule has 7 heteroatoms. The molecule has 2 aromatic carbocycles. The molecule has 0 unspecified atom stereocenters. The average Bonchev–Trinajstić information content (AvgIpc) is 3.58. The van der Waals surface area contributed by atoms with Crippen molar-refractivity contribution in [2.75, 3.05) is 40.3 Å². The zero-order valence-corrected chi connectivity index (χ0v) is 17.4. The molecule has 7 nitrogen and oxygen atoms in total. The van der Waals surface area contributed by atoms with Gasteiger partial charge in [-0.05, 0) is 31.0 Å². The highest BCUT2D eigenvalue weighted by atomic mass is 16.5. The van der Waals surface area contributed by atoms with Crippen molar-refractivity contribution in [3.05, 3.63) is 42.0 Å². The normalized spacial score (nSPS) is 13.1. The quantitative estimate of drug-likeness (QED) is 0.660. The Labute approximate surface area is 171 Å². The molecular formula is C22H28N2O5. The number of anilines is 1. The molecule has 156 valence electrons. The summed E-state index contributed by atoms with van der Waals surface area (Å²) < 4.78 is 21.4. The fourth-order valence-corrected chi connectivity index (χ4v) is 3.24. The third-order valence-electron chi connectivity index (χ3n) is 4.91. The second kappa shape index (κ2) is 9.52. The van der Waals surface area contributed by atoms with Crippen LogP contribution in [0.5, 0.6) is 23.0 Å². The first-order valence-electron chi connectivity index (χ1n) is 9.54. The highest BCUT2D eigenvalue weighted by Gasteiger charge is 2.31. The molecule has 0 aromatic heterocycles. The lowest BCUT2D eigenvalue weighted by atomic mass is 10.1. The summed E-state index contributed by atoms with van der Waals surface area (Å²) in [4.78, 5) is 14.9. The van der Waals surface area contributed by atoms with E-state index < -0.39 is 0 Å². The number of nitrogens with one attached hydrogen (secondary N) is 1. The molecule has 29 heavy (non-hydrogen) atoms. The Balaban J connectivity index is 1.71. The zero-order valence-electron chi connectivity index (χ0n) is 17.4. The highest BCUT2D eigenvalue weighted by molar-refractivity contribution is 5.92. The lowest BCUT2D eigenvalue weighted by molar-refractivity contribution is -0.117. The van der Waals surface area contributed by atoms with Gasteiger partial charge in [0.2, 0.25) is 5.91 Å². The van der Waals surface area contributed by atoms with Crippen molar-refractivity contribution in [3.8, 4) is 23.0 Å². The Morgan fingerprint density at radius 2 is 1.59 bits per heavy atom. The van der Waals surface area contributed by atoms with E-state index >= 15 is 0 Å². The Kier molecular flexibility index (Phi) is 6.82. The van der Waals surface area contributed by atoms with Gasteiger partial charge in [0.1, 0.15) is 23.0 Å². The number of hydrogen-bond acceptors (Lipinski definition) is 6. The molecule has 1 aliphatic carbocycles. The van der Waals surface area contributed by atoms with Crippen LogP contribution in [0.2, 0.25) is 0 Å². The van der Waals surface area contributed by atoms with Gasteiger partial charge in [0, 0.05) is 42.0 Å². The molecule has 1 aliphatic rings. The van der Waals surface area contributed by atoms with Crippen LogP contribution in [0.4, 0.5) is 5.69 Å². The molecule has 2 aromatic rings. The minimum absolute atomic E-state index is 0.0888. The highest BCUT2D eigenvalue weighted by Crippen LogP contribution is 2.32. The Morgan fingerprint density at radius 3 is 2.14 bits per heavy atom. The van der Waals surface area contributed by atoms with E-state index in [-0.39, 0.29) is 12.5 Å². The summed E-state index contributed by atoms with van der Waals surface area (Å²) in [5.74, 6) is 2.72. The monoisotopic (exact) mass is 400 g/mol. The number of nitrogens with zero attached hydrogens (tertiary/aromatic N) is 1. The first-order chi connectivity index (χ1) is 14.1. The molecule has 0 saturated heterocycles. The molecule has 0 aliphatic heterocycles. The SMILES string of the molecule is COc1cc(NC(=O)CN(Cc2cc(OC)ccc2OC)C2CC2)cc(OC)c1. The van der Waals surface area contributed by atoms with Gasteiger partial charge in [-0.15, -0.1) is 0 Å². The molecule has 0 spiro atoms. The van der Waals surface area contributed by atoms with Gasteiger partial charge in [0.25, 0.3) is 0 Å². The van der Waals surface area contributed by atoms with Crippen LogP contribution in [0.3, 0.4) is 0 Å². The number of benzene rings is 2. The Morgan fingerprint density at radius 1 is 0.931 bits per heavy atom. The maximum Gasteiger partial charge on any atom is 0.238 e. The smallest absolute Gasteiger partial charge is 0.238 e. The Hall–Kier alpha value is -2.93. The number of amides is 1. The van der Waals surface area contributed by atoms with E-state index in [9.17, 15) is 4.79 Å². The van der Waals surface area contributed by atoms with Crippen LogP contribution >= 0.6 is 0 Å². The summed E-state index contributed by atoms with van der Waals surface area (Å²) in [6.45, 7) is 0.893. The van der Waals surface area contributed by atoms with Crippen molar-refractivity contribution in [1.29, 1.82) is 0 Å². The summed E-state index contributed by atoms with van der Waals surface area (Å²) in [6, 6.07) is 11.4. The van der Waals surface area contributed by atoms with Crippen LogP contribution in [0.1, 0.15) is 18.4 Å². The second-order valence-electron chi connectivity index (χ2n) is 6.96. The third-order valence-corrected chi connectivity index (χ3v) is 4.91. The molecule has 1 amide bonds. The number of rotatable bonds is 10. The number of carbonyl (C=O) groups excluding carboxylic acids is 1. The van der Waals surface area contributed by atoms with E-state index in [1.807, 2.05) is 18.2 Å². The van der Waals surface area contributed by atoms with E-state index in [0.29, 0.717) is 29.8 Å². The lowest BCUT2D eigenvalue weighted by Crippen LogP contribution is -2.34. The molecule has 3 rings (SSSR count). The van der Waals surface area contributed by atoms with Gasteiger partial charge < -0.3 is 24.3 Å². The second-order valence-corrected chi connectivity index (χ2v) is 6.96. The van der Waals surface area contributed by atoms with Crippen molar-refractivity contribution in [1.82, 2.24) is 4.90 Å². The van der Waals surface area contributed by atoms with E-state index in [0.717, 1.165) is 29.9 Å². The van der Waals surface area contributed by atoms with Crippen molar-refractivity contribution in [2.45, 2.75) is 25.4 Å². The van der Waals surface area contributed by atoms with Crippen LogP contribution in [-0.4, -0.2) is 51.8 Å². The van der Waals surface area contributed by atoms with Gasteiger partial charge in [-0.3, -0.25) is 9.69 Å². The molecule has 0 heterocycles. The number of ether oxygens (including phenoxy) is 4. The fraction of sp³-hybridized carbons (Fsp3) is 0.409. The van der Waals surface area contributed by atoms with Crippen LogP contribution in [0.15, 0.2) is 36.4 Å². The van der Waals surface area contributed by atoms with Crippen molar-refractivity contribution in [3.63, 3.8) is 0 Å². The molecule has 1 N–H and O–H groups in total. The summed E-state index contributed by atoms with van der Waals surface area (Å²) in [7, 11) is 6.45. The molecule has 0 atom stereocenters. The fourth-order valence-electron chi connectivity index (χ4n) is 3.24. The predicted molar refractivity (Wildman–Crippen MR) is 111 cm³/mol. The number of methoxy groups -OCH3 is 4. The van der Waals surface area contributed by atoms with Crippen LogP contribution in [0.25, 0.3) is 0 Å². The summed E-state index contributed by atoms with van der Waals surface area (Å²) in [6.07, 6.45) is 2.18. The van der Waals surface area contributed by atoms with Gasteiger partial charge >= 0.3 is 0 Å². The lowest BCUT2D eigenvalue weighted by Gasteiger charge is -2.23. The standard InChI is InChI=1S/C22H28N2O5/c1-26-18-7-8-21(29-4)15(9-18)13-24(17-5-6-17)14-22(25)23-16-10-19(27-2)12-20(11-16)28-3/h7-12,17H,5-6,13-14H2,1-4H3,(H,23,25). The minimum atomic E-state index is -0.0888. The van der Waals surface area contributed by atoms with Crippen molar-refractivity contribution >= 4 is 11.6 Å². The summed E-state index contributed by atoms with van der Waals surface area (Å²) in [5, 5.41) is 2.94. The van der Waals surface area contributed by atoms with Gasteiger partial charge in [0.15, 0.2) is 0 Å². The first kappa shape index (κ1) is 20.8. The first-order valence-corrected chi connectivity index (χ1v) is 9.54. The largest absolute Gasteiger partial charge is 0.497 e. The van der Waals surface area contributed by atoms with Crippen LogP contribution < -0.4 is 24.3 Å². The molecule has 1 saturated carbocycles. The van der Waals surface area contributed by atoms with E-state index in [1.54, 1.807) is 46.6 Å². The van der Waals surface area contributed by atoms with E-state index in [4.69, 9.17) is 18.9 Å². The molecule has 1 fully saturated rings. The number of carbonyl (C=O) groups is 1. The van der Waals surface area contributed by atoms with Crippen LogP contribution in [-0.2, 0) is 11.3 Å². The van der Waals surface area contributed by atoms with Gasteiger partial charge in [-0.25, -0.2) is 0 Å². The molecular weight excluding hydrogens is 372 g/mol. The minimum Gasteiger partial charge on any atom is -0.497 e. The van der Waals surface area contributed by atoms with Crippen molar-refractivity contribution < 1.29 is 23.7 Å². The van der Waals surface area contributed by atoms with Gasteiger partial charge in [0.05, 0.1) is 35.0 Å². The van der Waals surface area contributed by atoms with Gasteiger partial charge in [-0.2, -0.15) is 0 Å². The van der Waals surface area contributed by atoms with E-state index in [2.05, 4.69) is 10.2 Å². The molecule has 0 radical (unpaired) electrons. The average molecular weight is 400 g/mol. The van der Waals surface area contributed by atoms with Crippen molar-refractivity contribution in [2.24, 2.45) is 0 Å². The third kappa shape index (κ3) is 5.54. The Bertz CT molecular complexity index is 829. The topological polar surface area (TPSA) is 69.3 Å². The zero-order chi connectivity index (χ0) is 20.8. The molecule has 0 bridgehead atoms. The predicted octanol–water partition coefficient (Wildman–Crippen LogP) is 3.32. The maximum atomic E-state index is 12.7. The van der Waals surface area contributed by atoms with Gasteiger partial charge in [-0.1, -0.05) is 0 Å². The number of hydrogen-bond donors (Lipinski definition) is 1.